The molecular formula is C19H27N3O5. The molecule has 8 nitrogen and oxygen atoms in total. The van der Waals surface area contributed by atoms with E-state index in [0.29, 0.717) is 19.7 Å². The Kier molecular flexibility index (Phi) is 6.36. The summed E-state index contributed by atoms with van der Waals surface area (Å²) >= 11 is 0. The minimum absolute atomic E-state index is 0.0604. The maximum absolute atomic E-state index is 12.3. The zero-order valence-electron chi connectivity index (χ0n) is 15.7. The highest BCUT2D eigenvalue weighted by Gasteiger charge is 2.39. The van der Waals surface area contributed by atoms with E-state index in [9.17, 15) is 14.4 Å². The van der Waals surface area contributed by atoms with Gasteiger partial charge in [-0.1, -0.05) is 19.8 Å². The van der Waals surface area contributed by atoms with Crippen molar-refractivity contribution in [1.82, 2.24) is 15.1 Å². The van der Waals surface area contributed by atoms with Crippen LogP contribution in [-0.4, -0.2) is 66.0 Å². The molecule has 2 aliphatic rings. The molecule has 3 amide bonds. The average molecular weight is 377 g/mol. The van der Waals surface area contributed by atoms with Crippen LogP contribution in [0.15, 0.2) is 22.8 Å². The lowest BCUT2D eigenvalue weighted by atomic mass is 10.00. The van der Waals surface area contributed by atoms with Gasteiger partial charge in [-0.15, -0.1) is 0 Å². The van der Waals surface area contributed by atoms with Crippen LogP contribution in [0.2, 0.25) is 0 Å². The van der Waals surface area contributed by atoms with Gasteiger partial charge in [0.15, 0.2) is 5.76 Å². The number of nitrogens with zero attached hydrogens (tertiary/aromatic N) is 2. The summed E-state index contributed by atoms with van der Waals surface area (Å²) in [5.74, 6) is -0.339. The molecule has 2 saturated heterocycles. The van der Waals surface area contributed by atoms with Crippen LogP contribution in [0.3, 0.4) is 0 Å². The van der Waals surface area contributed by atoms with Crippen molar-refractivity contribution >= 4 is 17.9 Å². The summed E-state index contributed by atoms with van der Waals surface area (Å²) in [5, 5.41) is 2.58. The standard InChI is InChI=1S/C19H27N3O5/c1-2-3-5-15-13-27-19(25)22(15)14-7-9-21(10-8-14)17(23)12-20-18(24)16-6-4-11-26-16/h4,6,11,14-15H,2-3,5,7-10,12-13H2,1H3,(H,20,24). The Morgan fingerprint density at radius 1 is 1.30 bits per heavy atom. The third kappa shape index (κ3) is 4.61. The highest BCUT2D eigenvalue weighted by molar-refractivity contribution is 5.94. The molecule has 8 heteroatoms. The van der Waals surface area contributed by atoms with Gasteiger partial charge in [0.2, 0.25) is 5.91 Å². The molecule has 3 heterocycles. The highest BCUT2D eigenvalue weighted by Crippen LogP contribution is 2.26. The van der Waals surface area contributed by atoms with Crippen LogP contribution in [0, 0.1) is 0 Å². The van der Waals surface area contributed by atoms with E-state index in [4.69, 9.17) is 9.15 Å². The summed E-state index contributed by atoms with van der Waals surface area (Å²) in [6.07, 6.45) is 5.77. The Labute approximate surface area is 158 Å². The monoisotopic (exact) mass is 377 g/mol. The summed E-state index contributed by atoms with van der Waals surface area (Å²) in [6.45, 7) is 3.69. The molecule has 2 fully saturated rings. The Bertz CT molecular complexity index is 652. The number of amides is 3. The van der Waals surface area contributed by atoms with Crippen LogP contribution in [0.5, 0.6) is 0 Å². The first kappa shape index (κ1) is 19.3. The lowest BCUT2D eigenvalue weighted by Gasteiger charge is -2.38. The first-order chi connectivity index (χ1) is 13.1. The molecule has 1 atom stereocenters. The molecule has 0 radical (unpaired) electrons. The van der Waals surface area contributed by atoms with Crippen molar-refractivity contribution in [3.8, 4) is 0 Å². The fourth-order valence-corrected chi connectivity index (χ4v) is 3.74. The first-order valence-electron chi connectivity index (χ1n) is 9.64. The lowest BCUT2D eigenvalue weighted by Crippen LogP contribution is -2.51. The van der Waals surface area contributed by atoms with Crippen LogP contribution < -0.4 is 5.32 Å². The number of likely N-dealkylation sites (tertiary alicyclic amines) is 1. The van der Waals surface area contributed by atoms with Crippen molar-refractivity contribution < 1.29 is 23.5 Å². The summed E-state index contributed by atoms with van der Waals surface area (Å²) in [4.78, 5) is 39.9. The highest BCUT2D eigenvalue weighted by atomic mass is 16.6. The maximum atomic E-state index is 12.3. The number of nitrogens with one attached hydrogen (secondary N) is 1. The number of rotatable bonds is 7. The Morgan fingerprint density at radius 2 is 2.07 bits per heavy atom. The molecule has 0 aliphatic carbocycles. The van der Waals surface area contributed by atoms with Gasteiger partial charge in [0.1, 0.15) is 6.61 Å². The second kappa shape index (κ2) is 8.92. The zero-order chi connectivity index (χ0) is 19.2. The van der Waals surface area contributed by atoms with E-state index in [0.717, 1.165) is 32.1 Å². The fraction of sp³-hybridized carbons (Fsp3) is 0.632. The van der Waals surface area contributed by atoms with E-state index < -0.39 is 5.91 Å². The second-order valence-electron chi connectivity index (χ2n) is 7.05. The number of hydrogen-bond donors (Lipinski definition) is 1. The molecule has 0 saturated carbocycles. The van der Waals surface area contributed by atoms with Crippen molar-refractivity contribution in [2.45, 2.75) is 51.1 Å². The summed E-state index contributed by atoms with van der Waals surface area (Å²) in [7, 11) is 0. The van der Waals surface area contributed by atoms with E-state index in [1.54, 1.807) is 17.0 Å². The van der Waals surface area contributed by atoms with Crippen LogP contribution in [-0.2, 0) is 9.53 Å². The van der Waals surface area contributed by atoms with E-state index in [1.165, 1.54) is 6.26 Å². The number of ether oxygens (including phenoxy) is 1. The van der Waals surface area contributed by atoms with Crippen LogP contribution in [0.4, 0.5) is 4.79 Å². The molecule has 1 aromatic heterocycles. The molecular weight excluding hydrogens is 350 g/mol. The average Bonchev–Trinajstić information content (AvgIpc) is 3.34. The first-order valence-corrected chi connectivity index (χ1v) is 9.64. The second-order valence-corrected chi connectivity index (χ2v) is 7.05. The fourth-order valence-electron chi connectivity index (χ4n) is 3.74. The van der Waals surface area contributed by atoms with E-state index in [1.807, 2.05) is 4.90 Å². The number of unbranched alkanes of at least 4 members (excludes halogenated alkanes) is 1. The van der Waals surface area contributed by atoms with Gasteiger partial charge in [0.05, 0.1) is 18.8 Å². The SMILES string of the molecule is CCCCC1COC(=O)N1C1CCN(C(=O)CNC(=O)c2ccco2)CC1. The zero-order valence-corrected chi connectivity index (χ0v) is 15.7. The Balaban J connectivity index is 1.45. The minimum atomic E-state index is -0.401. The number of cyclic esters (lactones) is 1. The van der Waals surface area contributed by atoms with Gasteiger partial charge in [-0.2, -0.15) is 0 Å². The number of carbonyl (C=O) groups excluding carboxylic acids is 3. The van der Waals surface area contributed by atoms with Gasteiger partial charge in [-0.05, 0) is 31.4 Å². The largest absolute Gasteiger partial charge is 0.459 e. The molecule has 27 heavy (non-hydrogen) atoms. The Hall–Kier alpha value is -2.51. The molecule has 1 unspecified atom stereocenters. The topological polar surface area (TPSA) is 92.1 Å². The number of carbonyl (C=O) groups is 3. The molecule has 0 spiro atoms. The quantitative estimate of drug-likeness (QED) is 0.785. The summed E-state index contributed by atoms with van der Waals surface area (Å²) in [6, 6.07) is 3.44. The number of furan rings is 1. The van der Waals surface area contributed by atoms with Crippen molar-refractivity contribution in [2.24, 2.45) is 0 Å². The molecule has 0 aromatic carbocycles. The maximum Gasteiger partial charge on any atom is 0.410 e. The minimum Gasteiger partial charge on any atom is -0.459 e. The molecule has 1 N–H and O–H groups in total. The van der Waals surface area contributed by atoms with Crippen molar-refractivity contribution in [3.05, 3.63) is 24.2 Å². The van der Waals surface area contributed by atoms with E-state index in [-0.39, 0.29) is 36.4 Å². The van der Waals surface area contributed by atoms with Crippen LogP contribution >= 0.6 is 0 Å². The number of hydrogen-bond acceptors (Lipinski definition) is 5. The molecule has 3 rings (SSSR count). The van der Waals surface area contributed by atoms with Crippen molar-refractivity contribution in [3.63, 3.8) is 0 Å². The van der Waals surface area contributed by atoms with Crippen LogP contribution in [0.1, 0.15) is 49.6 Å². The lowest BCUT2D eigenvalue weighted by molar-refractivity contribution is -0.131. The smallest absolute Gasteiger partial charge is 0.410 e. The molecule has 1 aromatic rings. The van der Waals surface area contributed by atoms with E-state index >= 15 is 0 Å². The predicted molar refractivity (Wildman–Crippen MR) is 97.1 cm³/mol. The van der Waals surface area contributed by atoms with Crippen molar-refractivity contribution in [1.29, 1.82) is 0 Å². The van der Waals surface area contributed by atoms with Gasteiger partial charge in [-0.3, -0.25) is 14.5 Å². The van der Waals surface area contributed by atoms with Gasteiger partial charge in [0, 0.05) is 19.1 Å². The number of piperidine rings is 1. The van der Waals surface area contributed by atoms with E-state index in [2.05, 4.69) is 12.2 Å². The normalized spacial score (nSPS) is 20.6. The van der Waals surface area contributed by atoms with Gasteiger partial charge >= 0.3 is 6.09 Å². The molecule has 148 valence electrons. The molecule has 2 aliphatic heterocycles. The summed E-state index contributed by atoms with van der Waals surface area (Å²) in [5.41, 5.74) is 0. The van der Waals surface area contributed by atoms with Crippen LogP contribution in [0.25, 0.3) is 0 Å². The summed E-state index contributed by atoms with van der Waals surface area (Å²) < 4.78 is 10.3. The van der Waals surface area contributed by atoms with Gasteiger partial charge in [0.25, 0.3) is 5.91 Å². The third-order valence-corrected chi connectivity index (χ3v) is 5.25. The molecule has 0 bridgehead atoms. The van der Waals surface area contributed by atoms with Gasteiger partial charge < -0.3 is 19.4 Å². The van der Waals surface area contributed by atoms with Gasteiger partial charge in [-0.25, -0.2) is 4.79 Å². The predicted octanol–water partition coefficient (Wildman–Crippen LogP) is 2.01. The Morgan fingerprint density at radius 3 is 2.74 bits per heavy atom. The van der Waals surface area contributed by atoms with Crippen molar-refractivity contribution in [2.75, 3.05) is 26.2 Å². The third-order valence-electron chi connectivity index (χ3n) is 5.25.